The minimum Gasteiger partial charge on any atom is -0.494 e. The molecule has 1 fully saturated rings. The molecule has 6 nitrogen and oxygen atoms in total. The molecule has 0 unspecified atom stereocenters. The van der Waals surface area contributed by atoms with Crippen LogP contribution in [0.5, 0.6) is 11.5 Å². The van der Waals surface area contributed by atoms with E-state index in [0.29, 0.717) is 29.8 Å². The minimum atomic E-state index is -0.0215. The van der Waals surface area contributed by atoms with Gasteiger partial charge in [-0.3, -0.25) is 9.69 Å². The number of carbonyl (C=O) groups excluding carboxylic acids is 1. The first kappa shape index (κ1) is 25.7. The summed E-state index contributed by atoms with van der Waals surface area (Å²) in [7, 11) is 0. The lowest BCUT2D eigenvalue weighted by Crippen LogP contribution is -2.29. The highest BCUT2D eigenvalue weighted by atomic mass is 32.2. The Balaban J connectivity index is 1.93. The topological polar surface area (TPSA) is 54.4 Å². The van der Waals surface area contributed by atoms with Crippen molar-refractivity contribution in [1.29, 1.82) is 0 Å². The van der Waals surface area contributed by atoms with Gasteiger partial charge in [-0.1, -0.05) is 6.92 Å². The van der Waals surface area contributed by atoms with E-state index >= 15 is 0 Å². The van der Waals surface area contributed by atoms with Crippen LogP contribution in [0.4, 0.5) is 11.4 Å². The Hall–Kier alpha value is -2.93. The van der Waals surface area contributed by atoms with E-state index in [1.54, 1.807) is 4.90 Å². The third-order valence-corrected chi connectivity index (χ3v) is 6.43. The van der Waals surface area contributed by atoms with E-state index in [1.165, 1.54) is 11.8 Å². The van der Waals surface area contributed by atoms with E-state index < -0.39 is 0 Å². The summed E-state index contributed by atoms with van der Waals surface area (Å²) in [5, 5.41) is 0.694. The normalized spacial score (nSPS) is 15.9. The number of anilines is 1. The third-order valence-electron chi connectivity index (χ3n) is 5.42. The van der Waals surface area contributed by atoms with Crippen LogP contribution >= 0.6 is 11.8 Å². The number of ether oxygens (including phenoxy) is 2. The quantitative estimate of drug-likeness (QED) is 0.350. The number of rotatable bonds is 11. The molecule has 3 rings (SSSR count). The van der Waals surface area contributed by atoms with E-state index in [1.807, 2.05) is 50.3 Å². The third kappa shape index (κ3) is 6.14. The number of nitrogens with zero attached hydrogens (tertiary/aromatic N) is 3. The number of carbonyl (C=O) groups is 1. The summed E-state index contributed by atoms with van der Waals surface area (Å²) in [5.74, 6) is 1.57. The van der Waals surface area contributed by atoms with Gasteiger partial charge in [0, 0.05) is 37.0 Å². The number of hydrogen-bond donors (Lipinski definition) is 0. The molecule has 0 N–H and O–H groups in total. The molecule has 1 aliphatic rings. The first-order valence-electron chi connectivity index (χ1n) is 12.1. The maximum absolute atomic E-state index is 13.3. The highest BCUT2D eigenvalue weighted by molar-refractivity contribution is 8.18. The molecule has 1 heterocycles. The minimum absolute atomic E-state index is 0.0215. The Morgan fingerprint density at radius 1 is 0.971 bits per heavy atom. The molecule has 1 amide bonds. The van der Waals surface area contributed by atoms with Crippen LogP contribution in [-0.2, 0) is 4.79 Å². The van der Waals surface area contributed by atoms with Gasteiger partial charge in [0.25, 0.3) is 5.91 Å². The van der Waals surface area contributed by atoms with Crippen molar-refractivity contribution >= 4 is 40.3 Å². The average Bonchev–Trinajstić information content (AvgIpc) is 3.12. The van der Waals surface area contributed by atoms with Crippen LogP contribution in [-0.4, -0.2) is 48.8 Å². The van der Waals surface area contributed by atoms with Crippen molar-refractivity contribution in [2.24, 2.45) is 4.99 Å². The maximum atomic E-state index is 13.3. The molecule has 2 aromatic rings. The molecule has 0 atom stereocenters. The average molecular weight is 482 g/mol. The molecule has 7 heteroatoms. The van der Waals surface area contributed by atoms with Gasteiger partial charge in [0.15, 0.2) is 5.17 Å². The van der Waals surface area contributed by atoms with E-state index in [4.69, 9.17) is 14.5 Å². The highest BCUT2D eigenvalue weighted by Crippen LogP contribution is 2.37. The monoisotopic (exact) mass is 481 g/mol. The zero-order valence-corrected chi connectivity index (χ0v) is 21.7. The van der Waals surface area contributed by atoms with E-state index in [9.17, 15) is 4.79 Å². The fourth-order valence-corrected chi connectivity index (χ4v) is 4.77. The van der Waals surface area contributed by atoms with Gasteiger partial charge in [-0.2, -0.15) is 0 Å². The van der Waals surface area contributed by atoms with Crippen molar-refractivity contribution in [3.05, 3.63) is 52.9 Å². The molecule has 0 spiro atoms. The van der Waals surface area contributed by atoms with Gasteiger partial charge >= 0.3 is 0 Å². The maximum Gasteiger partial charge on any atom is 0.266 e. The first-order chi connectivity index (χ1) is 16.5. The summed E-state index contributed by atoms with van der Waals surface area (Å²) in [6.07, 6.45) is 2.78. The van der Waals surface area contributed by atoms with Gasteiger partial charge in [0.1, 0.15) is 11.5 Å². The molecule has 0 radical (unpaired) electrons. The van der Waals surface area contributed by atoms with Crippen molar-refractivity contribution < 1.29 is 14.3 Å². The molecule has 0 bridgehead atoms. The molecular formula is C27H35N3O3S. The largest absolute Gasteiger partial charge is 0.494 e. The summed E-state index contributed by atoms with van der Waals surface area (Å²) in [5.41, 5.74) is 2.80. The molecule has 2 aromatic carbocycles. The number of amidine groups is 1. The Labute approximate surface area is 207 Å². The lowest BCUT2D eigenvalue weighted by atomic mass is 10.1. The fourth-order valence-electron chi connectivity index (χ4n) is 3.76. The van der Waals surface area contributed by atoms with Crippen LogP contribution in [0.25, 0.3) is 6.08 Å². The zero-order valence-electron chi connectivity index (χ0n) is 20.8. The summed E-state index contributed by atoms with van der Waals surface area (Å²) in [4.78, 5) is 22.7. The molecule has 182 valence electrons. The van der Waals surface area contributed by atoms with Crippen molar-refractivity contribution in [2.45, 2.75) is 41.0 Å². The molecule has 0 aromatic heterocycles. The van der Waals surface area contributed by atoms with Gasteiger partial charge in [-0.05, 0) is 88.4 Å². The lowest BCUT2D eigenvalue weighted by molar-refractivity contribution is -0.122. The van der Waals surface area contributed by atoms with E-state index in [0.717, 1.165) is 47.9 Å². The van der Waals surface area contributed by atoms with Crippen LogP contribution in [0.2, 0.25) is 0 Å². The van der Waals surface area contributed by atoms with Crippen LogP contribution in [0.15, 0.2) is 52.4 Å². The predicted octanol–water partition coefficient (Wildman–Crippen LogP) is 6.34. The summed E-state index contributed by atoms with van der Waals surface area (Å²) in [6.45, 7) is 13.9. The van der Waals surface area contributed by atoms with Crippen molar-refractivity contribution in [3.8, 4) is 11.5 Å². The highest BCUT2D eigenvalue weighted by Gasteiger charge is 2.33. The predicted molar refractivity (Wildman–Crippen MR) is 143 cm³/mol. The second-order valence-electron chi connectivity index (χ2n) is 7.72. The molecule has 1 aliphatic heterocycles. The number of amides is 1. The second kappa shape index (κ2) is 12.5. The van der Waals surface area contributed by atoms with Crippen LogP contribution in [0.1, 0.15) is 46.6 Å². The second-order valence-corrected chi connectivity index (χ2v) is 8.73. The van der Waals surface area contributed by atoms with Crippen molar-refractivity contribution in [3.63, 3.8) is 0 Å². The summed E-state index contributed by atoms with van der Waals surface area (Å²) in [6, 6.07) is 13.8. The van der Waals surface area contributed by atoms with Crippen LogP contribution < -0.4 is 14.4 Å². The molecule has 0 saturated carbocycles. The Morgan fingerprint density at radius 3 is 2.29 bits per heavy atom. The summed E-state index contributed by atoms with van der Waals surface area (Å²) < 4.78 is 11.5. The summed E-state index contributed by atoms with van der Waals surface area (Å²) >= 11 is 1.41. The standard InChI is InChI=1S/C27H35N3O3S/c1-6-17-30-26(31)25(34-27(30)28-21-12-15-23(16-13-21)32-9-4)18-20-11-14-22(29(7-2)8-3)19-24(20)33-10-5/h11-16,18-19H,6-10,17H2,1-5H3/b25-18+,28-27?. The van der Waals surface area contributed by atoms with Gasteiger partial charge in [0.2, 0.25) is 0 Å². The van der Waals surface area contributed by atoms with E-state index in [2.05, 4.69) is 37.8 Å². The van der Waals surface area contributed by atoms with Gasteiger partial charge in [-0.25, -0.2) is 4.99 Å². The van der Waals surface area contributed by atoms with Gasteiger partial charge < -0.3 is 14.4 Å². The fraction of sp³-hybridized carbons (Fsp3) is 0.407. The molecule has 0 aliphatic carbocycles. The molecular weight excluding hydrogens is 446 g/mol. The lowest BCUT2D eigenvalue weighted by Gasteiger charge is -2.22. The number of benzene rings is 2. The number of aliphatic imine (C=N–C) groups is 1. The SMILES string of the molecule is CCCN1C(=O)/C(=C\c2ccc(N(CC)CC)cc2OCC)SC1=Nc1ccc(OCC)cc1. The smallest absolute Gasteiger partial charge is 0.266 e. The van der Waals surface area contributed by atoms with Gasteiger partial charge in [0.05, 0.1) is 23.8 Å². The number of thioether (sulfide) groups is 1. The Kier molecular flexibility index (Phi) is 9.45. The van der Waals surface area contributed by atoms with E-state index in [-0.39, 0.29) is 5.91 Å². The molecule has 1 saturated heterocycles. The number of hydrogen-bond acceptors (Lipinski definition) is 6. The zero-order chi connectivity index (χ0) is 24.5. The molecule has 34 heavy (non-hydrogen) atoms. The van der Waals surface area contributed by atoms with Crippen molar-refractivity contribution in [1.82, 2.24) is 4.90 Å². The van der Waals surface area contributed by atoms with Crippen LogP contribution in [0, 0.1) is 0 Å². The van der Waals surface area contributed by atoms with Gasteiger partial charge in [-0.15, -0.1) is 0 Å². The van der Waals surface area contributed by atoms with Crippen LogP contribution in [0.3, 0.4) is 0 Å². The Morgan fingerprint density at radius 2 is 1.68 bits per heavy atom. The van der Waals surface area contributed by atoms with Crippen molar-refractivity contribution in [2.75, 3.05) is 37.7 Å². The Bertz CT molecular complexity index is 1030. The first-order valence-corrected chi connectivity index (χ1v) is 12.9.